The summed E-state index contributed by atoms with van der Waals surface area (Å²) in [4.78, 5) is 9.10. The first-order valence-corrected chi connectivity index (χ1v) is 7.62. The van der Waals surface area contributed by atoms with Crippen LogP contribution in [0, 0.1) is 10.5 Å². The predicted octanol–water partition coefficient (Wildman–Crippen LogP) is 3.89. The van der Waals surface area contributed by atoms with E-state index in [0.29, 0.717) is 17.6 Å². The van der Waals surface area contributed by atoms with Gasteiger partial charge in [-0.05, 0) is 54.0 Å². The average molecular weight is 369 g/mol. The Labute approximate surface area is 126 Å². The first-order chi connectivity index (χ1) is 9.16. The summed E-state index contributed by atoms with van der Waals surface area (Å²) >= 11 is 2.26. The molecule has 1 fully saturated rings. The number of halogens is 1. The van der Waals surface area contributed by atoms with Gasteiger partial charge in [-0.25, -0.2) is 9.97 Å². The summed E-state index contributed by atoms with van der Waals surface area (Å²) in [5, 5.41) is 0. The van der Waals surface area contributed by atoms with Gasteiger partial charge in [0.1, 0.15) is 5.82 Å². The number of nitrogens with two attached hydrogens (primary N) is 1. The van der Waals surface area contributed by atoms with E-state index in [1.165, 1.54) is 25.7 Å². The molecule has 4 nitrogen and oxygen atoms in total. The first kappa shape index (κ1) is 12.9. The highest BCUT2D eigenvalue weighted by Gasteiger charge is 2.24. The van der Waals surface area contributed by atoms with Crippen molar-refractivity contribution >= 4 is 28.4 Å². The monoisotopic (exact) mass is 369 g/mol. The molecule has 0 bridgehead atoms. The van der Waals surface area contributed by atoms with Gasteiger partial charge >= 0.3 is 0 Å². The van der Waals surface area contributed by atoms with Crippen molar-refractivity contribution < 1.29 is 4.42 Å². The summed E-state index contributed by atoms with van der Waals surface area (Å²) in [6, 6.07) is 1.92. The van der Waals surface area contributed by atoms with E-state index in [0.717, 1.165) is 20.6 Å². The van der Waals surface area contributed by atoms with Crippen LogP contribution in [-0.4, -0.2) is 9.97 Å². The molecule has 0 aliphatic heterocycles. The van der Waals surface area contributed by atoms with Crippen molar-refractivity contribution in [3.8, 4) is 11.6 Å². The molecule has 1 saturated carbocycles. The number of aromatic nitrogens is 2. The van der Waals surface area contributed by atoms with E-state index in [9.17, 15) is 0 Å². The van der Waals surface area contributed by atoms with Gasteiger partial charge in [0, 0.05) is 5.92 Å². The topological polar surface area (TPSA) is 64.9 Å². The molecule has 0 amide bonds. The highest BCUT2D eigenvalue weighted by atomic mass is 127. The third-order valence-corrected chi connectivity index (χ3v) is 4.81. The lowest BCUT2D eigenvalue weighted by molar-refractivity contribution is 0.573. The van der Waals surface area contributed by atoms with Crippen molar-refractivity contribution in [1.29, 1.82) is 0 Å². The Balaban J connectivity index is 2.10. The maximum absolute atomic E-state index is 6.04. The molecule has 0 saturated heterocycles. The van der Waals surface area contributed by atoms with E-state index >= 15 is 0 Å². The molecule has 0 atom stereocenters. The summed E-state index contributed by atoms with van der Waals surface area (Å²) in [6.45, 7) is 1.99. The average Bonchev–Trinajstić information content (AvgIpc) is 3.03. The van der Waals surface area contributed by atoms with E-state index in [4.69, 9.17) is 15.1 Å². The van der Waals surface area contributed by atoms with Crippen LogP contribution < -0.4 is 5.73 Å². The fourth-order valence-corrected chi connectivity index (χ4v) is 3.34. The molecule has 2 aromatic rings. The molecule has 0 spiro atoms. The number of hydrogen-bond donors (Lipinski definition) is 1. The van der Waals surface area contributed by atoms with Crippen LogP contribution in [0.4, 0.5) is 5.82 Å². The molecule has 5 heteroatoms. The van der Waals surface area contributed by atoms with Crippen LogP contribution in [-0.2, 0) is 0 Å². The van der Waals surface area contributed by atoms with E-state index in [1.807, 2.05) is 13.0 Å². The zero-order valence-corrected chi connectivity index (χ0v) is 13.0. The zero-order valence-electron chi connectivity index (χ0n) is 10.8. The van der Waals surface area contributed by atoms with E-state index in [-0.39, 0.29) is 0 Å². The van der Waals surface area contributed by atoms with Crippen molar-refractivity contribution in [3.63, 3.8) is 0 Å². The lowest BCUT2D eigenvalue weighted by Crippen LogP contribution is -2.08. The van der Waals surface area contributed by atoms with Gasteiger partial charge in [-0.2, -0.15) is 0 Å². The molecule has 2 N–H and O–H groups in total. The SMILES string of the molecule is Cc1ccoc1-c1nc(N)c(I)c(C2CCCC2)n1. The van der Waals surface area contributed by atoms with Gasteiger partial charge in [0.2, 0.25) is 0 Å². The second kappa shape index (κ2) is 5.11. The second-order valence-corrected chi connectivity index (χ2v) is 6.12. The third kappa shape index (κ3) is 2.35. The van der Waals surface area contributed by atoms with Crippen LogP contribution in [0.2, 0.25) is 0 Å². The lowest BCUT2D eigenvalue weighted by Gasteiger charge is -2.13. The summed E-state index contributed by atoms with van der Waals surface area (Å²) in [5.41, 5.74) is 8.18. The van der Waals surface area contributed by atoms with Crippen LogP contribution in [0.15, 0.2) is 16.7 Å². The molecule has 0 unspecified atom stereocenters. The fourth-order valence-electron chi connectivity index (χ4n) is 2.66. The van der Waals surface area contributed by atoms with Gasteiger partial charge in [-0.1, -0.05) is 12.8 Å². The minimum Gasteiger partial charge on any atom is -0.461 e. The van der Waals surface area contributed by atoms with Crippen LogP contribution in [0.5, 0.6) is 0 Å². The molecule has 1 aliphatic carbocycles. The third-order valence-electron chi connectivity index (χ3n) is 3.71. The maximum Gasteiger partial charge on any atom is 0.198 e. The van der Waals surface area contributed by atoms with Crippen molar-refractivity contribution in [2.45, 2.75) is 38.5 Å². The van der Waals surface area contributed by atoms with Gasteiger partial charge in [-0.3, -0.25) is 0 Å². The molecule has 0 radical (unpaired) electrons. The molecule has 1 aliphatic rings. The molecule has 100 valence electrons. The normalized spacial score (nSPS) is 16.1. The van der Waals surface area contributed by atoms with Gasteiger partial charge in [0.05, 0.1) is 15.5 Å². The van der Waals surface area contributed by atoms with E-state index in [1.54, 1.807) is 6.26 Å². The maximum atomic E-state index is 6.04. The van der Waals surface area contributed by atoms with Gasteiger partial charge < -0.3 is 10.2 Å². The molecule has 2 heterocycles. The summed E-state index contributed by atoms with van der Waals surface area (Å²) < 4.78 is 6.48. The number of rotatable bonds is 2. The number of nitrogen functional groups attached to an aromatic ring is 1. The molecular formula is C14H16IN3O. The number of nitrogens with zero attached hydrogens (tertiary/aromatic N) is 2. The molecule has 19 heavy (non-hydrogen) atoms. The van der Waals surface area contributed by atoms with Crippen molar-refractivity contribution in [3.05, 3.63) is 27.2 Å². The number of aryl methyl sites for hydroxylation is 1. The van der Waals surface area contributed by atoms with Crippen molar-refractivity contribution in [1.82, 2.24) is 9.97 Å². The quantitative estimate of drug-likeness (QED) is 0.816. The van der Waals surface area contributed by atoms with Gasteiger partial charge in [0.15, 0.2) is 11.6 Å². The Morgan fingerprint density at radius 3 is 2.68 bits per heavy atom. The Kier molecular flexibility index (Phi) is 3.47. The smallest absolute Gasteiger partial charge is 0.198 e. The largest absolute Gasteiger partial charge is 0.461 e. The summed E-state index contributed by atoms with van der Waals surface area (Å²) in [5.74, 6) is 2.42. The highest BCUT2D eigenvalue weighted by Crippen LogP contribution is 2.37. The zero-order chi connectivity index (χ0) is 13.4. The summed E-state index contributed by atoms with van der Waals surface area (Å²) in [7, 11) is 0. The van der Waals surface area contributed by atoms with Crippen molar-refractivity contribution in [2.75, 3.05) is 5.73 Å². The number of hydrogen-bond acceptors (Lipinski definition) is 4. The Hall–Kier alpha value is -1.11. The van der Waals surface area contributed by atoms with Gasteiger partial charge in [-0.15, -0.1) is 0 Å². The number of anilines is 1. The van der Waals surface area contributed by atoms with Gasteiger partial charge in [0.25, 0.3) is 0 Å². The fraction of sp³-hybridized carbons (Fsp3) is 0.429. The minimum atomic E-state index is 0.520. The lowest BCUT2D eigenvalue weighted by atomic mass is 10.0. The van der Waals surface area contributed by atoms with Crippen LogP contribution in [0.1, 0.15) is 42.9 Å². The highest BCUT2D eigenvalue weighted by molar-refractivity contribution is 14.1. The Morgan fingerprint density at radius 2 is 2.05 bits per heavy atom. The minimum absolute atomic E-state index is 0.520. The van der Waals surface area contributed by atoms with E-state index < -0.39 is 0 Å². The summed E-state index contributed by atoms with van der Waals surface area (Å²) in [6.07, 6.45) is 6.61. The molecule has 2 aromatic heterocycles. The van der Waals surface area contributed by atoms with Crippen LogP contribution in [0.3, 0.4) is 0 Å². The number of furan rings is 1. The second-order valence-electron chi connectivity index (χ2n) is 5.05. The predicted molar refractivity (Wildman–Crippen MR) is 82.8 cm³/mol. The molecular weight excluding hydrogens is 353 g/mol. The van der Waals surface area contributed by atoms with Crippen LogP contribution >= 0.6 is 22.6 Å². The standard InChI is InChI=1S/C14H16IN3O/c1-8-6-7-19-12(8)14-17-11(9-4-2-3-5-9)10(15)13(16)18-14/h6-7,9H,2-5H2,1H3,(H2,16,17,18). The first-order valence-electron chi connectivity index (χ1n) is 6.54. The Morgan fingerprint density at radius 1 is 1.32 bits per heavy atom. The molecule has 3 rings (SSSR count). The van der Waals surface area contributed by atoms with Crippen molar-refractivity contribution in [2.24, 2.45) is 0 Å². The Bertz CT molecular complexity index is 603. The van der Waals surface area contributed by atoms with Crippen LogP contribution in [0.25, 0.3) is 11.6 Å². The van der Waals surface area contributed by atoms with E-state index in [2.05, 4.69) is 27.6 Å². The molecule has 0 aromatic carbocycles.